The van der Waals surface area contributed by atoms with Crippen molar-refractivity contribution in [1.29, 1.82) is 0 Å². The first-order valence-corrected chi connectivity index (χ1v) is 12.5. The molecule has 34 heavy (non-hydrogen) atoms. The summed E-state index contributed by atoms with van der Waals surface area (Å²) < 4.78 is 37.9. The third-order valence-electron chi connectivity index (χ3n) is 6.18. The lowest BCUT2D eigenvalue weighted by molar-refractivity contribution is 0.0932. The Morgan fingerprint density at radius 3 is 2.38 bits per heavy atom. The first-order valence-electron chi connectivity index (χ1n) is 11.0. The van der Waals surface area contributed by atoms with Crippen molar-refractivity contribution in [2.75, 3.05) is 25.6 Å². The van der Waals surface area contributed by atoms with Gasteiger partial charge in [0, 0.05) is 18.7 Å². The van der Waals surface area contributed by atoms with E-state index in [9.17, 15) is 13.2 Å². The summed E-state index contributed by atoms with van der Waals surface area (Å²) in [5.41, 5.74) is 3.36. The highest BCUT2D eigenvalue weighted by Gasteiger charge is 2.24. The van der Waals surface area contributed by atoms with Crippen molar-refractivity contribution < 1.29 is 22.7 Å². The highest BCUT2D eigenvalue weighted by molar-refractivity contribution is 7.92. The van der Waals surface area contributed by atoms with Gasteiger partial charge >= 0.3 is 0 Å². The lowest BCUT2D eigenvalue weighted by Gasteiger charge is -2.26. The molecule has 1 aliphatic rings. The summed E-state index contributed by atoms with van der Waals surface area (Å²) in [6.07, 6.45) is 2.95. The Balaban J connectivity index is 1.50. The average Bonchev–Trinajstić information content (AvgIpc) is 2.88. The number of carbonyl (C=O) groups is 1. The van der Waals surface area contributed by atoms with Crippen LogP contribution >= 0.6 is 0 Å². The fourth-order valence-corrected chi connectivity index (χ4v) is 5.45. The molecule has 0 aromatic heterocycles. The number of anilines is 1. The Labute approximate surface area is 200 Å². The van der Waals surface area contributed by atoms with Crippen LogP contribution in [0.1, 0.15) is 40.4 Å². The van der Waals surface area contributed by atoms with Crippen LogP contribution in [0.25, 0.3) is 0 Å². The Morgan fingerprint density at radius 1 is 0.971 bits per heavy atom. The fraction of sp³-hybridized carbons (Fsp3) is 0.269. The molecule has 8 heteroatoms. The van der Waals surface area contributed by atoms with E-state index >= 15 is 0 Å². The van der Waals surface area contributed by atoms with Crippen LogP contribution < -0.4 is 19.1 Å². The smallest absolute Gasteiger partial charge is 0.264 e. The van der Waals surface area contributed by atoms with Crippen LogP contribution in [-0.2, 0) is 16.4 Å². The molecule has 0 aliphatic heterocycles. The minimum atomic E-state index is -3.84. The van der Waals surface area contributed by atoms with Crippen LogP contribution in [-0.4, -0.2) is 35.6 Å². The molecule has 1 aliphatic carbocycles. The summed E-state index contributed by atoms with van der Waals surface area (Å²) in [4.78, 5) is 13.0. The van der Waals surface area contributed by atoms with E-state index in [4.69, 9.17) is 9.47 Å². The largest absolute Gasteiger partial charge is 0.493 e. The number of aryl methyl sites for hydroxylation is 1. The predicted molar refractivity (Wildman–Crippen MR) is 131 cm³/mol. The van der Waals surface area contributed by atoms with E-state index in [0.29, 0.717) is 22.7 Å². The number of benzene rings is 3. The molecule has 0 saturated heterocycles. The fourth-order valence-electron chi connectivity index (χ4n) is 4.24. The standard InChI is InChI=1S/C26H28N2O5S/c1-28(34(30,31)21-15-16-24(32-2)25(17-21)33-3)20-13-11-19(12-14-20)26(29)27-23-10-6-8-18-7-4-5-9-22(18)23/h4-5,7,9,11-17,23H,6,8,10H2,1-3H3,(H,27,29). The molecule has 0 radical (unpaired) electrons. The van der Waals surface area contributed by atoms with E-state index in [-0.39, 0.29) is 16.8 Å². The number of nitrogens with zero attached hydrogens (tertiary/aromatic N) is 1. The molecule has 3 aromatic rings. The van der Waals surface area contributed by atoms with Crippen LogP contribution in [0.15, 0.2) is 71.6 Å². The number of sulfonamides is 1. The Kier molecular flexibility index (Phi) is 6.79. The van der Waals surface area contributed by atoms with Crippen LogP contribution in [0.4, 0.5) is 5.69 Å². The van der Waals surface area contributed by atoms with E-state index < -0.39 is 10.0 Å². The van der Waals surface area contributed by atoms with Gasteiger partial charge in [-0.25, -0.2) is 8.42 Å². The van der Waals surface area contributed by atoms with Gasteiger partial charge in [-0.1, -0.05) is 24.3 Å². The van der Waals surface area contributed by atoms with Gasteiger partial charge in [-0.3, -0.25) is 9.10 Å². The second-order valence-corrected chi connectivity index (χ2v) is 10.1. The van der Waals surface area contributed by atoms with Gasteiger partial charge < -0.3 is 14.8 Å². The molecule has 7 nitrogen and oxygen atoms in total. The maximum atomic E-state index is 13.1. The van der Waals surface area contributed by atoms with Crippen molar-refractivity contribution in [1.82, 2.24) is 5.32 Å². The van der Waals surface area contributed by atoms with E-state index in [1.54, 1.807) is 30.3 Å². The molecule has 4 rings (SSSR count). The van der Waals surface area contributed by atoms with Crippen molar-refractivity contribution in [3.05, 3.63) is 83.4 Å². The lowest BCUT2D eigenvalue weighted by Crippen LogP contribution is -2.31. The second kappa shape index (κ2) is 9.77. The maximum absolute atomic E-state index is 13.1. The summed E-state index contributed by atoms with van der Waals surface area (Å²) in [6, 6.07) is 19.1. The highest BCUT2D eigenvalue weighted by atomic mass is 32.2. The molecule has 3 aromatic carbocycles. The molecular formula is C26H28N2O5S. The van der Waals surface area contributed by atoms with Crippen LogP contribution in [0.3, 0.4) is 0 Å². The van der Waals surface area contributed by atoms with Crippen molar-refractivity contribution in [2.45, 2.75) is 30.2 Å². The number of rotatable bonds is 7. The molecular weight excluding hydrogens is 452 g/mol. The zero-order valence-electron chi connectivity index (χ0n) is 19.4. The lowest BCUT2D eigenvalue weighted by atomic mass is 9.87. The Morgan fingerprint density at radius 2 is 1.68 bits per heavy atom. The molecule has 0 fully saturated rings. The number of ether oxygens (including phenoxy) is 2. The summed E-state index contributed by atoms with van der Waals surface area (Å²) in [7, 11) is 0.572. The van der Waals surface area contributed by atoms with Gasteiger partial charge in [0.05, 0.1) is 30.8 Å². The summed E-state index contributed by atoms with van der Waals surface area (Å²) >= 11 is 0. The Bertz CT molecular complexity index is 1290. The highest BCUT2D eigenvalue weighted by Crippen LogP contribution is 2.32. The minimum absolute atomic E-state index is 0.0229. The van der Waals surface area contributed by atoms with Gasteiger partial charge in [0.2, 0.25) is 0 Å². The molecule has 0 saturated carbocycles. The number of hydrogen-bond acceptors (Lipinski definition) is 5. The Hall–Kier alpha value is -3.52. The SMILES string of the molecule is COc1ccc(S(=O)(=O)N(C)c2ccc(C(=O)NC3CCCc4ccccc43)cc2)cc1OC. The van der Waals surface area contributed by atoms with E-state index in [1.807, 2.05) is 12.1 Å². The molecule has 1 amide bonds. The molecule has 1 atom stereocenters. The predicted octanol–water partition coefficient (Wildman–Crippen LogP) is 4.34. The van der Waals surface area contributed by atoms with E-state index in [2.05, 4.69) is 17.4 Å². The van der Waals surface area contributed by atoms with Crippen LogP contribution in [0.5, 0.6) is 11.5 Å². The number of nitrogens with one attached hydrogen (secondary N) is 1. The van der Waals surface area contributed by atoms with Crippen molar-refractivity contribution >= 4 is 21.6 Å². The van der Waals surface area contributed by atoms with Gasteiger partial charge in [-0.05, 0) is 66.8 Å². The second-order valence-electron chi connectivity index (χ2n) is 8.15. The van der Waals surface area contributed by atoms with Gasteiger partial charge in [0.25, 0.3) is 15.9 Å². The first kappa shape index (κ1) is 23.6. The van der Waals surface area contributed by atoms with Crippen LogP contribution in [0, 0.1) is 0 Å². The van der Waals surface area contributed by atoms with Gasteiger partial charge in [0.1, 0.15) is 0 Å². The monoisotopic (exact) mass is 480 g/mol. The number of carbonyl (C=O) groups excluding carboxylic acids is 1. The molecule has 0 bridgehead atoms. The van der Waals surface area contributed by atoms with Crippen molar-refractivity contribution in [3.63, 3.8) is 0 Å². The van der Waals surface area contributed by atoms with Gasteiger partial charge in [0.15, 0.2) is 11.5 Å². The normalized spacial score (nSPS) is 15.2. The summed E-state index contributed by atoms with van der Waals surface area (Å²) in [5, 5.41) is 3.12. The zero-order valence-corrected chi connectivity index (χ0v) is 20.3. The topological polar surface area (TPSA) is 84.9 Å². The summed E-state index contributed by atoms with van der Waals surface area (Å²) in [6.45, 7) is 0. The number of amides is 1. The minimum Gasteiger partial charge on any atom is -0.493 e. The molecule has 178 valence electrons. The van der Waals surface area contributed by atoms with Gasteiger partial charge in [-0.2, -0.15) is 0 Å². The molecule has 0 spiro atoms. The third kappa shape index (κ3) is 4.59. The number of hydrogen-bond donors (Lipinski definition) is 1. The molecule has 1 N–H and O–H groups in total. The number of fused-ring (bicyclic) bond motifs is 1. The van der Waals surface area contributed by atoms with Crippen molar-refractivity contribution in [2.24, 2.45) is 0 Å². The van der Waals surface area contributed by atoms with Crippen LogP contribution in [0.2, 0.25) is 0 Å². The summed E-state index contributed by atoms with van der Waals surface area (Å²) in [5.74, 6) is 0.590. The van der Waals surface area contributed by atoms with Crippen molar-refractivity contribution in [3.8, 4) is 11.5 Å². The number of methoxy groups -OCH3 is 2. The molecule has 0 heterocycles. The van der Waals surface area contributed by atoms with E-state index in [1.165, 1.54) is 48.8 Å². The maximum Gasteiger partial charge on any atom is 0.264 e. The van der Waals surface area contributed by atoms with E-state index in [0.717, 1.165) is 19.3 Å². The molecule has 1 unspecified atom stereocenters. The quantitative estimate of drug-likeness (QED) is 0.544. The third-order valence-corrected chi connectivity index (χ3v) is 7.96. The zero-order chi connectivity index (χ0) is 24.3. The average molecular weight is 481 g/mol. The first-order chi connectivity index (χ1) is 16.3. The van der Waals surface area contributed by atoms with Gasteiger partial charge in [-0.15, -0.1) is 0 Å².